The predicted octanol–water partition coefficient (Wildman–Crippen LogP) is 1.13. The summed E-state index contributed by atoms with van der Waals surface area (Å²) in [6.45, 7) is 8.38. The van der Waals surface area contributed by atoms with Gasteiger partial charge >= 0.3 is 0 Å². The van der Waals surface area contributed by atoms with Crippen LogP contribution in [0, 0.1) is 6.92 Å². The van der Waals surface area contributed by atoms with Gasteiger partial charge in [0, 0.05) is 51.9 Å². The van der Waals surface area contributed by atoms with Gasteiger partial charge in [-0.1, -0.05) is 29.8 Å². The van der Waals surface area contributed by atoms with E-state index in [4.69, 9.17) is 0 Å². The van der Waals surface area contributed by atoms with Crippen molar-refractivity contribution in [1.82, 2.24) is 29.8 Å². The Hall–Kier alpha value is -3.20. The van der Waals surface area contributed by atoms with E-state index in [1.807, 2.05) is 32.2 Å². The number of likely N-dealkylation sites (N-methyl/N-ethyl adjacent to an activating group) is 1. The van der Waals surface area contributed by atoms with Crippen LogP contribution in [0.2, 0.25) is 0 Å². The van der Waals surface area contributed by atoms with Crippen LogP contribution >= 0.6 is 0 Å². The standard InChI is InChI=1S/C24H32N6O3/c1-17-6-4-7-19(14-17)16-29-8-5-9-30-21(24(29)33)15-20(26-30)22(31)25-18(2)23(32)28-12-10-27(3)11-13-28/h4,6-7,14-15,18H,5,8-13,16H2,1-3H3,(H,25,31)/t18-/m1/s1. The first-order valence-corrected chi connectivity index (χ1v) is 11.5. The highest BCUT2D eigenvalue weighted by Crippen LogP contribution is 2.17. The van der Waals surface area contributed by atoms with E-state index in [1.165, 1.54) is 0 Å². The number of carbonyl (C=O) groups is 3. The summed E-state index contributed by atoms with van der Waals surface area (Å²) in [5.41, 5.74) is 2.79. The average molecular weight is 453 g/mol. The molecule has 0 radical (unpaired) electrons. The third-order valence-corrected chi connectivity index (χ3v) is 6.31. The van der Waals surface area contributed by atoms with Gasteiger partial charge in [-0.2, -0.15) is 5.10 Å². The van der Waals surface area contributed by atoms with Gasteiger partial charge in [-0.05, 0) is 32.9 Å². The lowest BCUT2D eigenvalue weighted by Crippen LogP contribution is -2.53. The van der Waals surface area contributed by atoms with Gasteiger partial charge in [-0.3, -0.25) is 19.1 Å². The molecule has 1 N–H and O–H groups in total. The van der Waals surface area contributed by atoms with Gasteiger partial charge in [0.05, 0.1) is 0 Å². The number of piperazine rings is 1. The molecule has 0 bridgehead atoms. The van der Waals surface area contributed by atoms with Crippen LogP contribution in [-0.2, 0) is 17.9 Å². The lowest BCUT2D eigenvalue weighted by Gasteiger charge is -2.34. The molecule has 9 heteroatoms. The molecule has 0 aliphatic carbocycles. The van der Waals surface area contributed by atoms with Crippen LogP contribution in [0.5, 0.6) is 0 Å². The second-order valence-electron chi connectivity index (χ2n) is 9.03. The summed E-state index contributed by atoms with van der Waals surface area (Å²) in [4.78, 5) is 44.5. The van der Waals surface area contributed by atoms with Crippen LogP contribution in [-0.4, -0.2) is 88.0 Å². The van der Waals surface area contributed by atoms with E-state index in [9.17, 15) is 14.4 Å². The Bertz CT molecular complexity index is 1040. The summed E-state index contributed by atoms with van der Waals surface area (Å²) in [7, 11) is 2.03. The Morgan fingerprint density at radius 3 is 2.58 bits per heavy atom. The summed E-state index contributed by atoms with van der Waals surface area (Å²) in [6, 6.07) is 9.00. The second-order valence-corrected chi connectivity index (χ2v) is 9.03. The molecule has 0 saturated carbocycles. The maximum Gasteiger partial charge on any atom is 0.272 e. The Labute approximate surface area is 194 Å². The van der Waals surface area contributed by atoms with Crippen LogP contribution < -0.4 is 5.32 Å². The van der Waals surface area contributed by atoms with Crippen LogP contribution in [0.3, 0.4) is 0 Å². The van der Waals surface area contributed by atoms with Gasteiger partial charge in [0.15, 0.2) is 5.69 Å². The fourth-order valence-corrected chi connectivity index (χ4v) is 4.36. The van der Waals surface area contributed by atoms with E-state index in [2.05, 4.69) is 21.4 Å². The molecule has 33 heavy (non-hydrogen) atoms. The molecule has 1 atom stereocenters. The zero-order valence-electron chi connectivity index (χ0n) is 19.6. The highest BCUT2D eigenvalue weighted by atomic mass is 16.2. The number of hydrogen-bond donors (Lipinski definition) is 1. The quantitative estimate of drug-likeness (QED) is 0.735. The molecule has 176 valence electrons. The van der Waals surface area contributed by atoms with Gasteiger partial charge in [0.1, 0.15) is 11.7 Å². The number of nitrogens with one attached hydrogen (secondary N) is 1. The molecule has 2 aliphatic rings. The molecule has 1 saturated heterocycles. The Balaban J connectivity index is 1.42. The topological polar surface area (TPSA) is 90.8 Å². The molecular weight excluding hydrogens is 420 g/mol. The highest BCUT2D eigenvalue weighted by molar-refractivity contribution is 5.99. The molecule has 1 aromatic carbocycles. The number of fused-ring (bicyclic) bond motifs is 1. The molecule has 3 amide bonds. The van der Waals surface area contributed by atoms with Gasteiger partial charge in [0.25, 0.3) is 11.8 Å². The first-order valence-electron chi connectivity index (χ1n) is 11.5. The number of carbonyl (C=O) groups excluding carboxylic acids is 3. The predicted molar refractivity (Wildman–Crippen MR) is 124 cm³/mol. The molecular formula is C24H32N6O3. The van der Waals surface area contributed by atoms with Crippen LogP contribution in [0.15, 0.2) is 30.3 Å². The first-order chi connectivity index (χ1) is 15.8. The molecule has 1 aromatic heterocycles. The van der Waals surface area contributed by atoms with Gasteiger partial charge < -0.3 is 20.0 Å². The number of aromatic nitrogens is 2. The minimum Gasteiger partial charge on any atom is -0.339 e. The minimum absolute atomic E-state index is 0.0994. The van der Waals surface area contributed by atoms with E-state index >= 15 is 0 Å². The van der Waals surface area contributed by atoms with Gasteiger partial charge in [-0.15, -0.1) is 0 Å². The third-order valence-electron chi connectivity index (χ3n) is 6.31. The van der Waals surface area contributed by atoms with Crippen molar-refractivity contribution in [1.29, 1.82) is 0 Å². The molecule has 4 rings (SSSR count). The van der Waals surface area contributed by atoms with E-state index < -0.39 is 11.9 Å². The Kier molecular flexibility index (Phi) is 6.78. The molecule has 0 spiro atoms. The summed E-state index contributed by atoms with van der Waals surface area (Å²) in [5.74, 6) is -0.677. The van der Waals surface area contributed by atoms with Crippen LogP contribution in [0.25, 0.3) is 0 Å². The highest BCUT2D eigenvalue weighted by Gasteiger charge is 2.29. The van der Waals surface area contributed by atoms with Gasteiger partial charge in [0.2, 0.25) is 5.91 Å². The van der Waals surface area contributed by atoms with Crippen LogP contribution in [0.4, 0.5) is 0 Å². The molecule has 9 nitrogen and oxygen atoms in total. The van der Waals surface area contributed by atoms with E-state index in [0.717, 1.165) is 30.6 Å². The number of benzene rings is 1. The normalized spacial score (nSPS) is 18.0. The second kappa shape index (κ2) is 9.74. The van der Waals surface area contributed by atoms with Gasteiger partial charge in [-0.25, -0.2) is 0 Å². The number of nitrogens with zero attached hydrogens (tertiary/aromatic N) is 5. The summed E-state index contributed by atoms with van der Waals surface area (Å²) < 4.78 is 1.61. The summed E-state index contributed by atoms with van der Waals surface area (Å²) in [6.07, 6.45) is 0.756. The van der Waals surface area contributed by atoms with Crippen molar-refractivity contribution >= 4 is 17.7 Å². The van der Waals surface area contributed by atoms with Crippen molar-refractivity contribution in [3.63, 3.8) is 0 Å². The number of aryl methyl sites for hydroxylation is 2. The smallest absolute Gasteiger partial charge is 0.272 e. The molecule has 1 fully saturated rings. The minimum atomic E-state index is -0.657. The first kappa shape index (κ1) is 23.0. The summed E-state index contributed by atoms with van der Waals surface area (Å²) in [5, 5.41) is 7.13. The maximum atomic E-state index is 13.2. The van der Waals surface area contributed by atoms with Crippen molar-refractivity contribution in [3.05, 3.63) is 52.8 Å². The fraction of sp³-hybridized carbons (Fsp3) is 0.500. The largest absolute Gasteiger partial charge is 0.339 e. The zero-order chi connectivity index (χ0) is 23.5. The maximum absolute atomic E-state index is 13.2. The van der Waals surface area contributed by atoms with Crippen molar-refractivity contribution in [2.75, 3.05) is 39.8 Å². The Morgan fingerprint density at radius 2 is 1.85 bits per heavy atom. The van der Waals surface area contributed by atoms with Crippen molar-refractivity contribution in [2.45, 2.75) is 39.4 Å². The fourth-order valence-electron chi connectivity index (χ4n) is 4.36. The van der Waals surface area contributed by atoms with E-state index in [0.29, 0.717) is 38.4 Å². The van der Waals surface area contributed by atoms with Crippen LogP contribution in [0.1, 0.15) is 45.4 Å². The number of hydrogen-bond acceptors (Lipinski definition) is 5. The van der Waals surface area contributed by atoms with Crippen molar-refractivity contribution in [2.24, 2.45) is 0 Å². The summed E-state index contributed by atoms with van der Waals surface area (Å²) >= 11 is 0. The lowest BCUT2D eigenvalue weighted by molar-refractivity contribution is -0.134. The monoisotopic (exact) mass is 452 g/mol. The molecule has 0 unspecified atom stereocenters. The van der Waals surface area contributed by atoms with E-state index in [-0.39, 0.29) is 17.5 Å². The average Bonchev–Trinajstić information content (AvgIpc) is 3.16. The molecule has 2 aliphatic heterocycles. The lowest BCUT2D eigenvalue weighted by atomic mass is 10.1. The van der Waals surface area contributed by atoms with E-state index in [1.54, 1.807) is 27.5 Å². The SMILES string of the molecule is Cc1cccc(CN2CCCn3nc(C(=O)N[C@H](C)C(=O)N4CCN(C)CC4)cc3C2=O)c1. The van der Waals surface area contributed by atoms with Crippen molar-refractivity contribution < 1.29 is 14.4 Å². The third kappa shape index (κ3) is 5.24. The zero-order valence-corrected chi connectivity index (χ0v) is 19.6. The number of amides is 3. The number of rotatable bonds is 5. The Morgan fingerprint density at radius 1 is 1.09 bits per heavy atom. The van der Waals surface area contributed by atoms with Crippen molar-refractivity contribution in [3.8, 4) is 0 Å². The molecule has 2 aromatic rings. The molecule has 3 heterocycles.